The Labute approximate surface area is 157 Å². The summed E-state index contributed by atoms with van der Waals surface area (Å²) in [6.07, 6.45) is -12.9. The van der Waals surface area contributed by atoms with Crippen molar-refractivity contribution < 1.29 is 69.2 Å². The minimum Gasteiger partial charge on any atom is -0.356 e. The van der Waals surface area contributed by atoms with Crippen LogP contribution in [-0.2, 0) is 27.5 Å². The van der Waals surface area contributed by atoms with E-state index >= 15 is 0 Å². The molecule has 0 aliphatic carbocycles. The van der Waals surface area contributed by atoms with E-state index in [1.54, 1.807) is 0 Å². The summed E-state index contributed by atoms with van der Waals surface area (Å²) < 4.78 is 101. The molecule has 1 fully saturated rings. The van der Waals surface area contributed by atoms with Crippen LogP contribution in [0, 0.1) is 0 Å². The molecule has 5 atom stereocenters. The van der Waals surface area contributed by atoms with Gasteiger partial charge < -0.3 is 34.7 Å². The van der Waals surface area contributed by atoms with Gasteiger partial charge in [0.1, 0.15) is 18.4 Å². The molecule has 2 unspecified atom stereocenters. The van der Waals surface area contributed by atoms with E-state index in [4.69, 9.17) is 14.7 Å². The van der Waals surface area contributed by atoms with Crippen LogP contribution < -0.4 is 5.32 Å². The smallest absolute Gasteiger partial charge is 0.356 e. The van der Waals surface area contributed by atoms with Crippen LogP contribution in [-0.4, -0.2) is 68.0 Å². The largest absolute Gasteiger partial charge is 0.481 e. The summed E-state index contributed by atoms with van der Waals surface area (Å²) in [7, 11) is -11.1. The number of nitrogens with one attached hydrogen (secondary N) is 1. The molecule has 0 saturated carbocycles. The maximum Gasteiger partial charge on any atom is 0.481 e. The van der Waals surface area contributed by atoms with Crippen molar-refractivity contribution in [2.45, 2.75) is 37.2 Å². The van der Waals surface area contributed by atoms with Crippen LogP contribution in [0.5, 0.6) is 0 Å². The summed E-state index contributed by atoms with van der Waals surface area (Å²) in [5.41, 5.74) is -1.80. The van der Waals surface area contributed by atoms with Crippen LogP contribution in [0.15, 0.2) is 11.8 Å². The van der Waals surface area contributed by atoms with Crippen molar-refractivity contribution in [2.75, 3.05) is 6.61 Å². The van der Waals surface area contributed by atoms with Crippen LogP contribution in [0.1, 0.15) is 6.42 Å². The highest BCUT2D eigenvalue weighted by atomic mass is 31.3. The first kappa shape index (κ1) is 24.1. The fourth-order valence-electron chi connectivity index (χ4n) is 2.33. The Morgan fingerprint density at radius 2 is 1.93 bits per heavy atom. The number of hydrogen-bond acceptors (Lipinski definition) is 8. The van der Waals surface area contributed by atoms with Gasteiger partial charge in [0.25, 0.3) is 11.8 Å². The average Bonchev–Trinajstić information content (AvgIpc) is 2.77. The average molecular weight is 478 g/mol. The first-order valence-electron chi connectivity index (χ1n) is 7.24. The van der Waals surface area contributed by atoms with Crippen molar-refractivity contribution in [3.63, 3.8) is 0 Å². The third-order valence-electron chi connectivity index (χ3n) is 3.55. The van der Waals surface area contributed by atoms with E-state index < -0.39 is 70.9 Å². The third-order valence-corrected chi connectivity index (χ3v) is 5.68. The van der Waals surface area contributed by atoms with Gasteiger partial charge in [-0.3, -0.25) is 9.32 Å². The molecule has 168 valence electrons. The lowest BCUT2D eigenvalue weighted by Crippen LogP contribution is -2.55. The molecule has 0 aromatic rings. The van der Waals surface area contributed by atoms with Crippen molar-refractivity contribution in [2.24, 2.45) is 0 Å². The number of amides is 1. The Morgan fingerprint density at radius 1 is 1.34 bits per heavy atom. The van der Waals surface area contributed by atoms with Crippen LogP contribution in [0.2, 0.25) is 0 Å². The molecule has 1 saturated heterocycles. The van der Waals surface area contributed by atoms with Gasteiger partial charge in [-0.05, 0) is 0 Å². The highest BCUT2D eigenvalue weighted by Gasteiger charge is 2.55. The van der Waals surface area contributed by atoms with Crippen molar-refractivity contribution in [1.82, 2.24) is 10.2 Å². The number of aliphatic hydroxyl groups excluding tert-OH is 1. The molecular weight excluding hydrogens is 465 g/mol. The minimum atomic E-state index is -5.57. The normalized spacial score (nSPS) is 33.3. The summed E-state index contributed by atoms with van der Waals surface area (Å²) >= 11 is 0. The molecule has 0 radical (unpaired) electrons. The molecule has 2 aliphatic rings. The maximum absolute atomic E-state index is 14.6. The van der Waals surface area contributed by atoms with E-state index in [1.807, 2.05) is 0 Å². The number of phosphoric acid groups is 2. The summed E-state index contributed by atoms with van der Waals surface area (Å²) in [6, 6.07) is 0. The highest BCUT2D eigenvalue weighted by Crippen LogP contribution is 2.58. The summed E-state index contributed by atoms with van der Waals surface area (Å²) in [5, 5.41) is 11.2. The second-order valence-electron chi connectivity index (χ2n) is 5.71. The zero-order valence-electron chi connectivity index (χ0n) is 13.7. The summed E-state index contributed by atoms with van der Waals surface area (Å²) in [4.78, 5) is 37.5. The Morgan fingerprint density at radius 3 is 2.45 bits per heavy atom. The standard InChI is InChI=1S/C10H13F5N2O10P2/c11-5-1-6(17-2-4(10(13,14)15)7(18)16-8(17)19)26-9(5,12)3-25-29(23,24)27-28(20,21)22/h2,5-6,8,19H,1,3H2,(H,16,18)(H,23,24)(H2,20,21,22)/t5-,6+,8?,9+/m0/s1. The van der Waals surface area contributed by atoms with Gasteiger partial charge in [-0.2, -0.15) is 17.5 Å². The zero-order valence-corrected chi connectivity index (χ0v) is 15.5. The Hall–Kier alpha value is -1.16. The molecule has 12 nitrogen and oxygen atoms in total. The fourth-order valence-corrected chi connectivity index (χ4v) is 3.93. The monoisotopic (exact) mass is 478 g/mol. The lowest BCUT2D eigenvalue weighted by atomic mass is 10.1. The fraction of sp³-hybridized carbons (Fsp3) is 0.700. The van der Waals surface area contributed by atoms with Crippen molar-refractivity contribution in [1.29, 1.82) is 0 Å². The summed E-state index contributed by atoms with van der Waals surface area (Å²) in [6.45, 7) is -1.76. The number of alkyl halides is 5. The molecule has 0 spiro atoms. The topological polar surface area (TPSA) is 175 Å². The molecule has 2 rings (SSSR count). The van der Waals surface area contributed by atoms with Crippen molar-refractivity contribution in [3.05, 3.63) is 11.8 Å². The Bertz CT molecular complexity index is 789. The van der Waals surface area contributed by atoms with Crippen LogP contribution in [0.3, 0.4) is 0 Å². The molecule has 2 heterocycles. The number of halogens is 5. The van der Waals surface area contributed by atoms with Crippen LogP contribution >= 0.6 is 15.6 Å². The van der Waals surface area contributed by atoms with Gasteiger partial charge in [0, 0.05) is 12.6 Å². The zero-order chi connectivity index (χ0) is 22.4. The predicted molar refractivity (Wildman–Crippen MR) is 77.3 cm³/mol. The number of phosphoric ester groups is 1. The molecule has 5 N–H and O–H groups in total. The van der Waals surface area contributed by atoms with E-state index in [-0.39, 0.29) is 11.1 Å². The second kappa shape index (κ2) is 7.83. The number of hydrogen-bond donors (Lipinski definition) is 5. The molecular formula is C10H13F5N2O10P2. The Kier molecular flexibility index (Phi) is 6.51. The molecule has 0 aromatic carbocycles. The van der Waals surface area contributed by atoms with E-state index in [0.29, 0.717) is 0 Å². The number of carbonyl (C=O) groups excluding carboxylic acids is 1. The molecule has 19 heteroatoms. The molecule has 29 heavy (non-hydrogen) atoms. The van der Waals surface area contributed by atoms with E-state index in [0.717, 1.165) is 0 Å². The lowest BCUT2D eigenvalue weighted by Gasteiger charge is -2.36. The first-order valence-corrected chi connectivity index (χ1v) is 10.3. The van der Waals surface area contributed by atoms with Gasteiger partial charge in [-0.15, -0.1) is 0 Å². The lowest BCUT2D eigenvalue weighted by molar-refractivity contribution is -0.217. The number of rotatable bonds is 6. The van der Waals surface area contributed by atoms with Gasteiger partial charge in [-0.1, -0.05) is 0 Å². The predicted octanol–water partition coefficient (Wildman–Crippen LogP) is 0.117. The van der Waals surface area contributed by atoms with E-state index in [9.17, 15) is 41.0 Å². The van der Waals surface area contributed by atoms with Gasteiger partial charge in [0.15, 0.2) is 6.17 Å². The number of nitrogens with zero attached hydrogens (tertiary/aromatic N) is 1. The second-order valence-corrected chi connectivity index (χ2v) is 8.54. The molecule has 0 aromatic heterocycles. The SMILES string of the molecule is O=C1NC(O)N([C@H]2C[C@H](F)[C@@](F)(COP(=O)(O)OP(=O)(O)O)O2)C=C1C(F)(F)F. The van der Waals surface area contributed by atoms with Crippen LogP contribution in [0.4, 0.5) is 22.0 Å². The van der Waals surface area contributed by atoms with E-state index in [2.05, 4.69) is 13.6 Å². The number of aliphatic hydroxyl groups is 1. The molecule has 0 bridgehead atoms. The van der Waals surface area contributed by atoms with Gasteiger partial charge in [-0.25, -0.2) is 17.9 Å². The first-order chi connectivity index (χ1) is 12.9. The number of carbonyl (C=O) groups is 1. The van der Waals surface area contributed by atoms with E-state index in [1.165, 1.54) is 5.32 Å². The highest BCUT2D eigenvalue weighted by molar-refractivity contribution is 7.60. The quantitative estimate of drug-likeness (QED) is 0.259. The number of ether oxygens (including phenoxy) is 1. The van der Waals surface area contributed by atoms with Gasteiger partial charge in [0.2, 0.25) is 6.35 Å². The molecule has 2 aliphatic heterocycles. The molecule has 1 amide bonds. The Balaban J connectivity index is 2.15. The minimum absolute atomic E-state index is 0.0708. The third kappa shape index (κ3) is 5.93. The van der Waals surface area contributed by atoms with Crippen LogP contribution in [0.25, 0.3) is 0 Å². The van der Waals surface area contributed by atoms with Crippen molar-refractivity contribution >= 4 is 21.6 Å². The van der Waals surface area contributed by atoms with Gasteiger partial charge >= 0.3 is 21.8 Å². The van der Waals surface area contributed by atoms with Crippen molar-refractivity contribution in [3.8, 4) is 0 Å². The van der Waals surface area contributed by atoms with Gasteiger partial charge in [0.05, 0.1) is 0 Å². The summed E-state index contributed by atoms with van der Waals surface area (Å²) in [5.74, 6) is -5.28. The maximum atomic E-state index is 14.6.